The van der Waals surface area contributed by atoms with E-state index in [9.17, 15) is 22.8 Å². The molecule has 6 aromatic rings. The highest BCUT2D eigenvalue weighted by Crippen LogP contribution is 2.28. The van der Waals surface area contributed by atoms with Crippen LogP contribution in [0.25, 0.3) is 22.3 Å². The van der Waals surface area contributed by atoms with Gasteiger partial charge in [-0.15, -0.1) is 5.10 Å². The first-order valence-electron chi connectivity index (χ1n) is 15.1. The Morgan fingerprint density at radius 3 is 2.40 bits per heavy atom. The molecule has 9 nitrogen and oxygen atoms in total. The summed E-state index contributed by atoms with van der Waals surface area (Å²) in [6.45, 7) is 0.835. The van der Waals surface area contributed by atoms with Gasteiger partial charge in [-0.25, -0.2) is 22.8 Å². The van der Waals surface area contributed by atoms with Gasteiger partial charge < -0.3 is 15.2 Å². The van der Waals surface area contributed by atoms with Gasteiger partial charge in [0.2, 0.25) is 0 Å². The largest absolute Gasteiger partial charge is 0.345 e. The van der Waals surface area contributed by atoms with Gasteiger partial charge in [0.15, 0.2) is 11.6 Å². The molecule has 4 aromatic carbocycles. The lowest BCUT2D eigenvalue weighted by Gasteiger charge is -2.32. The number of aromatic amines is 1. The minimum absolute atomic E-state index is 0.0892. The highest BCUT2D eigenvalue weighted by atomic mass is 19.2. The number of amides is 2. The fourth-order valence-electron chi connectivity index (χ4n) is 5.96. The van der Waals surface area contributed by atoms with Crippen LogP contribution in [0, 0.1) is 17.5 Å². The van der Waals surface area contributed by atoms with Crippen molar-refractivity contribution in [3.63, 3.8) is 0 Å². The zero-order valence-corrected chi connectivity index (χ0v) is 24.9. The highest BCUT2D eigenvalue weighted by Gasteiger charge is 2.27. The number of H-pyrrole nitrogens is 1. The lowest BCUT2D eigenvalue weighted by molar-refractivity contribution is 0.0689. The van der Waals surface area contributed by atoms with Gasteiger partial charge in [0.1, 0.15) is 11.5 Å². The molecule has 2 N–H and O–H groups in total. The molecular formula is C35H28F3N7O2. The summed E-state index contributed by atoms with van der Waals surface area (Å²) in [4.78, 5) is 36.2. The van der Waals surface area contributed by atoms with Crippen molar-refractivity contribution in [1.82, 2.24) is 35.2 Å². The first-order valence-corrected chi connectivity index (χ1v) is 15.1. The van der Waals surface area contributed by atoms with E-state index in [0.717, 1.165) is 28.2 Å². The van der Waals surface area contributed by atoms with Crippen LogP contribution in [0.3, 0.4) is 0 Å². The molecule has 1 fully saturated rings. The molecule has 12 heteroatoms. The average molecular weight is 636 g/mol. The van der Waals surface area contributed by atoms with Crippen LogP contribution in [-0.2, 0) is 0 Å². The van der Waals surface area contributed by atoms with Crippen LogP contribution in [0.15, 0.2) is 97.5 Å². The molecule has 1 atom stereocenters. The molecule has 1 aliphatic heterocycles. The first-order chi connectivity index (χ1) is 22.8. The van der Waals surface area contributed by atoms with Gasteiger partial charge in [-0.1, -0.05) is 47.7 Å². The van der Waals surface area contributed by atoms with Crippen LogP contribution >= 0.6 is 0 Å². The predicted octanol–water partition coefficient (Wildman–Crippen LogP) is 6.24. The summed E-state index contributed by atoms with van der Waals surface area (Å²) in [6, 6.07) is 22.8. The van der Waals surface area contributed by atoms with E-state index in [1.165, 1.54) is 6.20 Å². The summed E-state index contributed by atoms with van der Waals surface area (Å²) in [5.74, 6) is -3.91. The fraction of sp³-hybridized carbons (Fsp3) is 0.171. The normalized spacial score (nSPS) is 14.3. The Labute approximate surface area is 267 Å². The maximum atomic E-state index is 14.2. The zero-order chi connectivity index (χ0) is 32.5. The summed E-state index contributed by atoms with van der Waals surface area (Å²) < 4.78 is 42.9. The number of hydrogen-bond donors (Lipinski definition) is 2. The summed E-state index contributed by atoms with van der Waals surface area (Å²) in [5, 5.41) is 11.2. The Kier molecular flexibility index (Phi) is 7.98. The van der Waals surface area contributed by atoms with Gasteiger partial charge in [0.05, 0.1) is 35.6 Å². The maximum Gasteiger partial charge on any atom is 0.253 e. The van der Waals surface area contributed by atoms with Gasteiger partial charge in [0, 0.05) is 35.8 Å². The third kappa shape index (κ3) is 6.09. The molecule has 0 aliphatic carbocycles. The van der Waals surface area contributed by atoms with Crippen molar-refractivity contribution < 1.29 is 22.8 Å². The summed E-state index contributed by atoms with van der Waals surface area (Å²) >= 11 is 0. The van der Waals surface area contributed by atoms with Crippen LogP contribution < -0.4 is 5.32 Å². The number of benzene rings is 4. The van der Waals surface area contributed by atoms with Crippen LogP contribution in [0.2, 0.25) is 0 Å². The Hall–Kier alpha value is -5.78. The number of aromatic nitrogens is 5. The smallest absolute Gasteiger partial charge is 0.253 e. The van der Waals surface area contributed by atoms with Crippen molar-refractivity contribution in [1.29, 1.82) is 0 Å². The van der Waals surface area contributed by atoms with Crippen molar-refractivity contribution in [2.24, 2.45) is 0 Å². The van der Waals surface area contributed by atoms with Crippen LogP contribution in [-0.4, -0.2) is 54.8 Å². The van der Waals surface area contributed by atoms with Crippen molar-refractivity contribution in [3.8, 4) is 11.3 Å². The lowest BCUT2D eigenvalue weighted by Crippen LogP contribution is -2.39. The van der Waals surface area contributed by atoms with Crippen molar-refractivity contribution in [2.75, 3.05) is 13.1 Å². The molecule has 0 saturated carbocycles. The Balaban J connectivity index is 1.03. The molecule has 7 rings (SSSR count). The van der Waals surface area contributed by atoms with E-state index in [4.69, 9.17) is 0 Å². The number of hydrogen-bond acceptors (Lipinski definition) is 5. The quantitative estimate of drug-likeness (QED) is 0.202. The van der Waals surface area contributed by atoms with Crippen LogP contribution in [0.5, 0.6) is 0 Å². The zero-order valence-electron chi connectivity index (χ0n) is 24.9. The molecule has 0 bridgehead atoms. The standard InChI is InChI=1S/C35H28F3N7O2/c36-27-18-29(38)28(37)17-26(27)32-19-45(43-42-32)25-11-13-44(14-12-25)35(47)24-8-4-7-23(15-24)34(46)41-33(21-5-2-1-3-6-21)22-9-10-30-31(16-22)40-20-39-30/h1-10,15-20,25,33H,11-14H2,(H,39,40)(H,41,46). The second-order valence-electron chi connectivity index (χ2n) is 11.4. The second kappa shape index (κ2) is 12.5. The number of likely N-dealkylation sites (tertiary alicyclic amines) is 1. The Morgan fingerprint density at radius 1 is 0.830 bits per heavy atom. The number of carbonyl (C=O) groups excluding carboxylic acids is 2. The van der Waals surface area contributed by atoms with E-state index in [1.54, 1.807) is 40.2 Å². The number of halogens is 3. The molecule has 0 radical (unpaired) electrons. The van der Waals surface area contributed by atoms with Crippen molar-refractivity contribution in [3.05, 3.63) is 137 Å². The van der Waals surface area contributed by atoms with E-state index in [2.05, 4.69) is 25.6 Å². The maximum absolute atomic E-state index is 14.2. The van der Waals surface area contributed by atoms with E-state index in [-0.39, 0.29) is 29.1 Å². The molecule has 236 valence electrons. The third-order valence-corrected chi connectivity index (χ3v) is 8.48. The van der Waals surface area contributed by atoms with Crippen molar-refractivity contribution in [2.45, 2.75) is 24.9 Å². The lowest BCUT2D eigenvalue weighted by atomic mass is 9.97. The number of carbonyl (C=O) groups is 2. The molecule has 0 spiro atoms. The molecule has 1 unspecified atom stereocenters. The van der Waals surface area contributed by atoms with E-state index in [1.807, 2.05) is 48.5 Å². The fourth-order valence-corrected chi connectivity index (χ4v) is 5.96. The van der Waals surface area contributed by atoms with Crippen molar-refractivity contribution >= 4 is 22.8 Å². The minimum Gasteiger partial charge on any atom is -0.345 e. The first kappa shape index (κ1) is 29.9. The molecule has 1 saturated heterocycles. The van der Waals surface area contributed by atoms with Gasteiger partial charge in [-0.05, 0) is 60.4 Å². The topological polar surface area (TPSA) is 109 Å². The van der Waals surface area contributed by atoms with E-state index < -0.39 is 23.5 Å². The van der Waals surface area contributed by atoms with Gasteiger partial charge >= 0.3 is 0 Å². The number of rotatable bonds is 7. The molecule has 2 aromatic heterocycles. The number of nitrogens with one attached hydrogen (secondary N) is 2. The Bertz CT molecular complexity index is 2090. The summed E-state index contributed by atoms with van der Waals surface area (Å²) in [6.07, 6.45) is 4.22. The summed E-state index contributed by atoms with van der Waals surface area (Å²) in [5.41, 5.74) is 4.12. The third-order valence-electron chi connectivity index (χ3n) is 8.48. The Morgan fingerprint density at radius 2 is 1.60 bits per heavy atom. The molecule has 1 aliphatic rings. The molecule has 3 heterocycles. The second-order valence-corrected chi connectivity index (χ2v) is 11.4. The van der Waals surface area contributed by atoms with Gasteiger partial charge in [-0.2, -0.15) is 0 Å². The number of imidazole rings is 1. The number of fused-ring (bicyclic) bond motifs is 1. The monoisotopic (exact) mass is 635 g/mol. The SMILES string of the molecule is O=C(NC(c1ccccc1)c1ccc2nc[nH]c2c1)c1cccc(C(=O)N2CCC(n3cc(-c4cc(F)c(F)cc4F)nn3)CC2)c1. The van der Waals surface area contributed by atoms with E-state index >= 15 is 0 Å². The molecule has 2 amide bonds. The van der Waals surface area contributed by atoms with E-state index in [0.29, 0.717) is 43.1 Å². The highest BCUT2D eigenvalue weighted by molar-refractivity contribution is 6.00. The summed E-state index contributed by atoms with van der Waals surface area (Å²) in [7, 11) is 0. The van der Waals surface area contributed by atoms with Gasteiger partial charge in [0.25, 0.3) is 11.8 Å². The van der Waals surface area contributed by atoms with Gasteiger partial charge in [-0.3, -0.25) is 9.59 Å². The van der Waals surface area contributed by atoms with Crippen LogP contribution in [0.1, 0.15) is 56.8 Å². The minimum atomic E-state index is -1.28. The predicted molar refractivity (Wildman–Crippen MR) is 168 cm³/mol. The molecular weight excluding hydrogens is 607 g/mol. The van der Waals surface area contributed by atoms with Crippen LogP contribution in [0.4, 0.5) is 13.2 Å². The average Bonchev–Trinajstić information content (AvgIpc) is 3.79. The number of nitrogens with zero attached hydrogens (tertiary/aromatic N) is 5. The number of piperidine rings is 1. The molecule has 47 heavy (non-hydrogen) atoms.